The number of anilines is 2. The second kappa shape index (κ2) is 7.46. The zero-order valence-electron chi connectivity index (χ0n) is 13.1. The molecule has 1 heterocycles. The van der Waals surface area contributed by atoms with E-state index in [1.165, 1.54) is 19.3 Å². The molecule has 2 unspecified atom stereocenters. The number of hydrogen-bond donors (Lipinski definition) is 2. The second-order valence-corrected chi connectivity index (χ2v) is 5.89. The molecule has 0 saturated heterocycles. The summed E-state index contributed by atoms with van der Waals surface area (Å²) >= 11 is 0. The first kappa shape index (κ1) is 15.1. The topological polar surface area (TPSA) is 49.8 Å². The number of nitrogens with one attached hydrogen (secondary N) is 2. The van der Waals surface area contributed by atoms with Crippen LogP contribution in [-0.4, -0.2) is 22.6 Å². The molecular formula is C16H28N4. The zero-order chi connectivity index (χ0) is 14.4. The fraction of sp³-hybridized carbons (Fsp3) is 0.750. The maximum Gasteiger partial charge on any atom is 0.133 e. The Bertz CT molecular complexity index is 419. The molecule has 0 spiro atoms. The molecule has 112 valence electrons. The van der Waals surface area contributed by atoms with Gasteiger partial charge in [0.15, 0.2) is 0 Å². The summed E-state index contributed by atoms with van der Waals surface area (Å²) in [7, 11) is 0. The van der Waals surface area contributed by atoms with Crippen molar-refractivity contribution in [2.24, 2.45) is 5.92 Å². The van der Waals surface area contributed by atoms with Gasteiger partial charge in [-0.05, 0) is 31.6 Å². The third-order valence-electron chi connectivity index (χ3n) is 4.00. The maximum atomic E-state index is 4.67. The van der Waals surface area contributed by atoms with Crippen molar-refractivity contribution in [3.05, 3.63) is 11.9 Å². The minimum Gasteiger partial charge on any atom is -0.370 e. The summed E-state index contributed by atoms with van der Waals surface area (Å²) in [6.07, 6.45) is 7.03. The average molecular weight is 276 g/mol. The molecule has 1 aromatic rings. The summed E-state index contributed by atoms with van der Waals surface area (Å²) in [6.45, 7) is 7.62. The normalized spacial score (nSPS) is 21.9. The third kappa shape index (κ3) is 4.09. The van der Waals surface area contributed by atoms with Crippen LogP contribution < -0.4 is 10.6 Å². The Morgan fingerprint density at radius 3 is 2.60 bits per heavy atom. The smallest absolute Gasteiger partial charge is 0.133 e. The van der Waals surface area contributed by atoms with Crippen LogP contribution in [0.25, 0.3) is 0 Å². The molecule has 0 aromatic carbocycles. The monoisotopic (exact) mass is 276 g/mol. The van der Waals surface area contributed by atoms with Crippen LogP contribution in [-0.2, 0) is 6.42 Å². The van der Waals surface area contributed by atoms with E-state index in [1.54, 1.807) is 0 Å². The van der Waals surface area contributed by atoms with Crippen molar-refractivity contribution in [3.8, 4) is 0 Å². The second-order valence-electron chi connectivity index (χ2n) is 5.89. The van der Waals surface area contributed by atoms with Gasteiger partial charge in [0, 0.05) is 25.1 Å². The van der Waals surface area contributed by atoms with Crippen LogP contribution in [0.3, 0.4) is 0 Å². The van der Waals surface area contributed by atoms with E-state index in [1.807, 2.05) is 0 Å². The van der Waals surface area contributed by atoms with E-state index >= 15 is 0 Å². The lowest BCUT2D eigenvalue weighted by atomic mass is 10.1. The van der Waals surface area contributed by atoms with Crippen LogP contribution in [0.5, 0.6) is 0 Å². The minimum absolute atomic E-state index is 0.568. The van der Waals surface area contributed by atoms with Gasteiger partial charge in [0.2, 0.25) is 0 Å². The third-order valence-corrected chi connectivity index (χ3v) is 4.00. The van der Waals surface area contributed by atoms with Gasteiger partial charge in [0.1, 0.15) is 17.5 Å². The molecule has 1 aliphatic carbocycles. The molecule has 1 aliphatic rings. The molecule has 4 heteroatoms. The van der Waals surface area contributed by atoms with Gasteiger partial charge in [-0.15, -0.1) is 0 Å². The largest absolute Gasteiger partial charge is 0.370 e. The summed E-state index contributed by atoms with van der Waals surface area (Å²) in [5, 5.41) is 6.99. The number of rotatable bonds is 7. The Kier molecular flexibility index (Phi) is 5.62. The molecule has 0 bridgehead atoms. The summed E-state index contributed by atoms with van der Waals surface area (Å²) < 4.78 is 0. The Morgan fingerprint density at radius 1 is 1.15 bits per heavy atom. The summed E-state index contributed by atoms with van der Waals surface area (Å²) in [4.78, 5) is 9.26. The molecule has 1 fully saturated rings. The van der Waals surface area contributed by atoms with E-state index in [4.69, 9.17) is 0 Å². The van der Waals surface area contributed by atoms with Crippen molar-refractivity contribution in [3.63, 3.8) is 0 Å². The highest BCUT2D eigenvalue weighted by Gasteiger charge is 2.23. The molecule has 1 saturated carbocycles. The van der Waals surface area contributed by atoms with Crippen LogP contribution >= 0.6 is 0 Å². The summed E-state index contributed by atoms with van der Waals surface area (Å²) in [5.74, 6) is 3.63. The lowest BCUT2D eigenvalue weighted by molar-refractivity contribution is 0.554. The quantitative estimate of drug-likeness (QED) is 0.794. The first-order valence-electron chi connectivity index (χ1n) is 8.11. The van der Waals surface area contributed by atoms with Gasteiger partial charge < -0.3 is 10.6 Å². The van der Waals surface area contributed by atoms with Gasteiger partial charge in [0.25, 0.3) is 0 Å². The van der Waals surface area contributed by atoms with Gasteiger partial charge in [-0.25, -0.2) is 9.97 Å². The van der Waals surface area contributed by atoms with Crippen LogP contribution in [0, 0.1) is 5.92 Å². The molecule has 20 heavy (non-hydrogen) atoms. The molecule has 0 aliphatic heterocycles. The Labute approximate surface area is 122 Å². The van der Waals surface area contributed by atoms with E-state index in [-0.39, 0.29) is 0 Å². The Balaban J connectivity index is 2.10. The number of nitrogens with zero attached hydrogens (tertiary/aromatic N) is 2. The molecule has 2 atom stereocenters. The van der Waals surface area contributed by atoms with Crippen molar-refractivity contribution in [2.45, 2.75) is 65.3 Å². The molecule has 0 amide bonds. The maximum absolute atomic E-state index is 4.67. The van der Waals surface area contributed by atoms with E-state index in [9.17, 15) is 0 Å². The van der Waals surface area contributed by atoms with Crippen molar-refractivity contribution in [2.75, 3.05) is 17.2 Å². The van der Waals surface area contributed by atoms with Crippen molar-refractivity contribution in [1.29, 1.82) is 0 Å². The fourth-order valence-electron chi connectivity index (χ4n) is 2.80. The van der Waals surface area contributed by atoms with Crippen LogP contribution in [0.2, 0.25) is 0 Å². The first-order valence-corrected chi connectivity index (χ1v) is 8.11. The lowest BCUT2D eigenvalue weighted by Gasteiger charge is -2.19. The number of aromatic nitrogens is 2. The highest BCUT2D eigenvalue weighted by Crippen LogP contribution is 2.28. The Morgan fingerprint density at radius 2 is 1.95 bits per heavy atom. The first-order chi connectivity index (χ1) is 9.72. The molecule has 1 aromatic heterocycles. The number of aryl methyl sites for hydroxylation is 1. The molecule has 2 rings (SSSR count). The predicted molar refractivity (Wildman–Crippen MR) is 85.2 cm³/mol. The summed E-state index contributed by atoms with van der Waals surface area (Å²) in [5.41, 5.74) is 0. The SMILES string of the molecule is CCCNc1cc(NC2CCCC2C)nc(CCC)n1. The van der Waals surface area contributed by atoms with Gasteiger partial charge in [0.05, 0.1) is 0 Å². The van der Waals surface area contributed by atoms with Crippen LogP contribution in [0.15, 0.2) is 6.07 Å². The number of hydrogen-bond acceptors (Lipinski definition) is 4. The standard InChI is InChI=1S/C16H28N4/c1-4-7-14-19-15(17-10-5-2)11-16(20-14)18-13-9-6-8-12(13)3/h11-13H,4-10H2,1-3H3,(H2,17,18,19,20). The van der Waals surface area contributed by atoms with Gasteiger partial charge in [-0.1, -0.05) is 27.2 Å². The minimum atomic E-state index is 0.568. The van der Waals surface area contributed by atoms with Crippen molar-refractivity contribution < 1.29 is 0 Å². The molecule has 2 N–H and O–H groups in total. The average Bonchev–Trinajstić information content (AvgIpc) is 2.82. The zero-order valence-corrected chi connectivity index (χ0v) is 13.1. The summed E-state index contributed by atoms with van der Waals surface area (Å²) in [6, 6.07) is 2.62. The van der Waals surface area contributed by atoms with Crippen LogP contribution in [0.1, 0.15) is 58.7 Å². The van der Waals surface area contributed by atoms with Crippen molar-refractivity contribution in [1.82, 2.24) is 9.97 Å². The van der Waals surface area contributed by atoms with Gasteiger partial charge >= 0.3 is 0 Å². The van der Waals surface area contributed by atoms with Gasteiger partial charge in [-0.3, -0.25) is 0 Å². The van der Waals surface area contributed by atoms with Gasteiger partial charge in [-0.2, -0.15) is 0 Å². The predicted octanol–water partition coefficient (Wildman–Crippen LogP) is 3.85. The molecule has 0 radical (unpaired) electrons. The lowest BCUT2D eigenvalue weighted by Crippen LogP contribution is -2.23. The van der Waals surface area contributed by atoms with E-state index in [2.05, 4.69) is 47.4 Å². The van der Waals surface area contributed by atoms with E-state index in [0.717, 1.165) is 49.2 Å². The molecule has 4 nitrogen and oxygen atoms in total. The van der Waals surface area contributed by atoms with Crippen LogP contribution in [0.4, 0.5) is 11.6 Å². The highest BCUT2D eigenvalue weighted by atomic mass is 15.1. The van der Waals surface area contributed by atoms with E-state index in [0.29, 0.717) is 6.04 Å². The highest BCUT2D eigenvalue weighted by molar-refractivity contribution is 5.48. The Hall–Kier alpha value is -1.32. The molecular weight excluding hydrogens is 248 g/mol. The van der Waals surface area contributed by atoms with Crippen molar-refractivity contribution >= 4 is 11.6 Å². The fourth-order valence-corrected chi connectivity index (χ4v) is 2.80. The van der Waals surface area contributed by atoms with E-state index < -0.39 is 0 Å².